The van der Waals surface area contributed by atoms with Gasteiger partial charge in [-0.2, -0.15) is 0 Å². The number of hydrogen-bond donors (Lipinski definition) is 6. The minimum Gasteiger partial charge on any atom is -0.505 e. The number of hydrogen-bond acceptors (Lipinski definition) is 9. The van der Waals surface area contributed by atoms with Gasteiger partial charge in [-0.15, -0.1) is 0 Å². The maximum Gasteiger partial charge on any atom is 0.378 e. The van der Waals surface area contributed by atoms with Gasteiger partial charge in [0.25, 0.3) is 0 Å². The second-order valence-corrected chi connectivity index (χ2v) is 5.12. The molecule has 0 bridgehead atoms. The Kier molecular flexibility index (Phi) is 5.89. The van der Waals surface area contributed by atoms with Gasteiger partial charge in [-0.05, 0) is 6.42 Å². The highest BCUT2D eigenvalue weighted by Gasteiger charge is 2.55. The molecule has 22 heavy (non-hydrogen) atoms. The topological polar surface area (TPSA) is 165 Å². The molecule has 0 aromatic carbocycles. The molecule has 0 aromatic rings. The molecule has 0 saturated heterocycles. The molecule has 9 heteroatoms. The Morgan fingerprint density at radius 1 is 1.36 bits per heavy atom. The van der Waals surface area contributed by atoms with Crippen LogP contribution in [0.25, 0.3) is 0 Å². The lowest BCUT2D eigenvalue weighted by atomic mass is 9.86. The van der Waals surface area contributed by atoms with Crippen molar-refractivity contribution in [1.82, 2.24) is 0 Å². The molecule has 2 unspecified atom stereocenters. The summed E-state index contributed by atoms with van der Waals surface area (Å²) in [6.07, 6.45) is -4.35. The fourth-order valence-electron chi connectivity index (χ4n) is 2.06. The van der Waals surface area contributed by atoms with Crippen LogP contribution >= 0.6 is 0 Å². The Morgan fingerprint density at radius 3 is 2.36 bits per heavy atom. The Labute approximate surface area is 126 Å². The number of aliphatic hydroxyl groups is 6. The average molecular weight is 320 g/mol. The van der Waals surface area contributed by atoms with Gasteiger partial charge in [0, 0.05) is 0 Å². The largest absolute Gasteiger partial charge is 0.505 e. The van der Waals surface area contributed by atoms with Gasteiger partial charge >= 0.3 is 5.97 Å². The van der Waals surface area contributed by atoms with Crippen molar-refractivity contribution in [2.45, 2.75) is 50.1 Å². The summed E-state index contributed by atoms with van der Waals surface area (Å²) >= 11 is 0. The van der Waals surface area contributed by atoms with E-state index >= 15 is 0 Å². The Balaban J connectivity index is 2.98. The second kappa shape index (κ2) is 7.05. The number of carbonyl (C=O) groups excluding carboxylic acids is 2. The highest BCUT2D eigenvalue weighted by Crippen LogP contribution is 2.30. The third-order valence-corrected chi connectivity index (χ3v) is 3.50. The molecule has 1 aliphatic rings. The van der Waals surface area contributed by atoms with Gasteiger partial charge < -0.3 is 35.4 Å². The number of carbonyl (C=O) groups is 2. The fourth-order valence-corrected chi connectivity index (χ4v) is 2.06. The highest BCUT2D eigenvalue weighted by molar-refractivity contribution is 5.95. The number of ketones is 1. The molecule has 4 atom stereocenters. The molecule has 0 spiro atoms. The van der Waals surface area contributed by atoms with Crippen LogP contribution in [0.5, 0.6) is 0 Å². The van der Waals surface area contributed by atoms with Crippen LogP contribution in [0.4, 0.5) is 0 Å². The average Bonchev–Trinajstić information content (AvgIpc) is 2.78. The zero-order valence-corrected chi connectivity index (χ0v) is 12.0. The first-order valence-electron chi connectivity index (χ1n) is 6.77. The molecular weight excluding hydrogens is 300 g/mol. The quantitative estimate of drug-likeness (QED) is 0.290. The summed E-state index contributed by atoms with van der Waals surface area (Å²) in [7, 11) is 0. The summed E-state index contributed by atoms with van der Waals surface area (Å²) in [5.74, 6) is -5.16. The lowest BCUT2D eigenvalue weighted by Crippen LogP contribution is -2.59. The van der Waals surface area contributed by atoms with E-state index in [1.165, 1.54) is 0 Å². The maximum absolute atomic E-state index is 12.1. The van der Waals surface area contributed by atoms with E-state index in [-0.39, 0.29) is 6.42 Å². The van der Waals surface area contributed by atoms with Crippen molar-refractivity contribution in [2.24, 2.45) is 0 Å². The molecule has 1 heterocycles. The minimum atomic E-state index is -2.89. The van der Waals surface area contributed by atoms with Crippen molar-refractivity contribution in [2.75, 3.05) is 6.61 Å². The Morgan fingerprint density at radius 2 is 1.95 bits per heavy atom. The first kappa shape index (κ1) is 18.4. The van der Waals surface area contributed by atoms with Crippen molar-refractivity contribution in [1.29, 1.82) is 0 Å². The van der Waals surface area contributed by atoms with Crippen molar-refractivity contribution in [3.8, 4) is 0 Å². The van der Waals surface area contributed by atoms with Gasteiger partial charge in [-0.3, -0.25) is 4.79 Å². The van der Waals surface area contributed by atoms with Crippen LogP contribution in [-0.2, 0) is 14.3 Å². The molecule has 0 saturated carbocycles. The normalized spacial score (nSPS) is 23.9. The first-order valence-corrected chi connectivity index (χ1v) is 6.77. The number of unbranched alkanes of at least 4 members (excludes halogenated alkanes) is 1. The molecule has 1 rings (SSSR count). The summed E-state index contributed by atoms with van der Waals surface area (Å²) in [5, 5.41) is 57.6. The van der Waals surface area contributed by atoms with Gasteiger partial charge in [0.05, 0.1) is 12.7 Å². The van der Waals surface area contributed by atoms with Gasteiger partial charge in [0.15, 0.2) is 11.4 Å². The van der Waals surface area contributed by atoms with E-state index in [1.807, 2.05) is 6.92 Å². The lowest BCUT2D eigenvalue weighted by molar-refractivity contribution is -0.177. The predicted octanol–water partition coefficient (Wildman–Crippen LogP) is -1.56. The maximum atomic E-state index is 12.1. The number of aliphatic hydroxyl groups excluding tert-OH is 5. The number of Topliss-reactive ketones (excluding diaryl/α,β-unsaturated/α-hetero) is 1. The summed E-state index contributed by atoms with van der Waals surface area (Å²) in [4.78, 5) is 23.2. The van der Waals surface area contributed by atoms with E-state index in [0.29, 0.717) is 12.8 Å². The van der Waals surface area contributed by atoms with Gasteiger partial charge in [-0.1, -0.05) is 19.8 Å². The van der Waals surface area contributed by atoms with E-state index in [1.54, 1.807) is 0 Å². The molecule has 0 aromatic heterocycles. The smallest absolute Gasteiger partial charge is 0.378 e. The van der Waals surface area contributed by atoms with Crippen molar-refractivity contribution in [3.05, 3.63) is 11.5 Å². The van der Waals surface area contributed by atoms with Crippen molar-refractivity contribution >= 4 is 11.8 Å². The summed E-state index contributed by atoms with van der Waals surface area (Å²) in [6, 6.07) is 0. The van der Waals surface area contributed by atoms with Gasteiger partial charge in [0.1, 0.15) is 6.10 Å². The first-order chi connectivity index (χ1) is 10.2. The number of ether oxygens (including phenoxy) is 1. The molecule has 0 radical (unpaired) electrons. The van der Waals surface area contributed by atoms with E-state index in [9.17, 15) is 40.2 Å². The lowest BCUT2D eigenvalue weighted by Gasteiger charge is -2.32. The van der Waals surface area contributed by atoms with Gasteiger partial charge in [0.2, 0.25) is 17.6 Å². The highest BCUT2D eigenvalue weighted by atomic mass is 16.6. The van der Waals surface area contributed by atoms with E-state index in [2.05, 4.69) is 4.74 Å². The molecule has 6 N–H and O–H groups in total. The zero-order chi connectivity index (χ0) is 17.1. The van der Waals surface area contributed by atoms with Crippen LogP contribution in [0, 0.1) is 0 Å². The second-order valence-electron chi connectivity index (χ2n) is 5.12. The molecular formula is C13H20O9. The minimum absolute atomic E-state index is 0.0719. The van der Waals surface area contributed by atoms with Crippen LogP contribution < -0.4 is 0 Å². The van der Waals surface area contributed by atoms with Crippen LogP contribution in [0.15, 0.2) is 11.5 Å². The molecule has 9 nitrogen and oxygen atoms in total. The molecule has 0 aliphatic carbocycles. The van der Waals surface area contributed by atoms with Crippen LogP contribution in [0.2, 0.25) is 0 Å². The molecule has 1 aliphatic heterocycles. The van der Waals surface area contributed by atoms with Crippen LogP contribution in [-0.4, -0.2) is 72.9 Å². The van der Waals surface area contributed by atoms with Crippen molar-refractivity contribution in [3.63, 3.8) is 0 Å². The van der Waals surface area contributed by atoms with E-state index < -0.39 is 53.8 Å². The zero-order valence-electron chi connectivity index (χ0n) is 12.0. The summed E-state index contributed by atoms with van der Waals surface area (Å²) in [5.41, 5.74) is -2.89. The van der Waals surface area contributed by atoms with Crippen LogP contribution in [0.1, 0.15) is 26.2 Å². The predicted molar refractivity (Wildman–Crippen MR) is 70.7 cm³/mol. The monoisotopic (exact) mass is 320 g/mol. The Bertz CT molecular complexity index is 472. The summed E-state index contributed by atoms with van der Waals surface area (Å²) < 4.78 is 4.44. The van der Waals surface area contributed by atoms with Crippen LogP contribution in [0.3, 0.4) is 0 Å². The number of esters is 1. The van der Waals surface area contributed by atoms with E-state index in [4.69, 9.17) is 0 Å². The number of rotatable bonds is 8. The van der Waals surface area contributed by atoms with Crippen molar-refractivity contribution < 1.29 is 45.0 Å². The molecule has 126 valence electrons. The van der Waals surface area contributed by atoms with Gasteiger partial charge in [-0.25, -0.2) is 4.79 Å². The third kappa shape index (κ3) is 3.22. The summed E-state index contributed by atoms with van der Waals surface area (Å²) in [6.45, 7) is 0.521. The number of cyclic esters (lactones) is 1. The third-order valence-electron chi connectivity index (χ3n) is 3.50. The molecule has 0 amide bonds. The standard InChI is InChI=1S/C13H20O9/c1-2-3-4-6(15)7(16)10(19)13(21,5-14)11-8(17)9(18)12(20)22-11/h6-7,11,14-18,21H,2-5H2,1H3/t6?,7?,11-,13+/m0/s1. The fraction of sp³-hybridized carbons (Fsp3) is 0.692. The Hall–Kier alpha value is -1.68. The SMILES string of the molecule is CCCCC(O)C(O)C(=O)[C@](O)(CO)[C@H]1OC(=O)C(O)=C1O. The van der Waals surface area contributed by atoms with E-state index in [0.717, 1.165) is 0 Å². The molecule has 0 fully saturated rings.